The van der Waals surface area contributed by atoms with Crippen LogP contribution in [0.5, 0.6) is 0 Å². The van der Waals surface area contributed by atoms with Crippen molar-refractivity contribution in [1.29, 1.82) is 0 Å². The summed E-state index contributed by atoms with van der Waals surface area (Å²) in [4.78, 5) is 29.0. The predicted molar refractivity (Wildman–Crippen MR) is 166 cm³/mol. The molecule has 1 N–H and O–H groups in total. The van der Waals surface area contributed by atoms with E-state index in [0.717, 1.165) is 26.6 Å². The van der Waals surface area contributed by atoms with Crippen molar-refractivity contribution in [3.05, 3.63) is 94.0 Å². The SMILES string of the molecule is CCC(C(=O)NCC(C)C)N(Cc1ccc(Cl)cc1)C(=O)CN(c1cc(C)cc(C)c1)S(=O)(=O)c1ccc(C)cc1. The summed E-state index contributed by atoms with van der Waals surface area (Å²) in [6, 6.07) is 18.3. The zero-order chi connectivity index (χ0) is 30.3. The van der Waals surface area contributed by atoms with E-state index in [9.17, 15) is 18.0 Å². The van der Waals surface area contributed by atoms with Crippen molar-refractivity contribution in [3.8, 4) is 0 Å². The number of nitrogens with one attached hydrogen (secondary N) is 1. The molecule has 0 aliphatic carbocycles. The van der Waals surface area contributed by atoms with E-state index in [4.69, 9.17) is 11.6 Å². The number of amides is 2. The van der Waals surface area contributed by atoms with Gasteiger partial charge >= 0.3 is 0 Å². The molecule has 0 heterocycles. The van der Waals surface area contributed by atoms with Crippen LogP contribution in [0.4, 0.5) is 5.69 Å². The minimum Gasteiger partial charge on any atom is -0.354 e. The van der Waals surface area contributed by atoms with Crippen LogP contribution in [0.3, 0.4) is 0 Å². The molecule has 0 aliphatic heterocycles. The number of nitrogens with zero attached hydrogens (tertiary/aromatic N) is 2. The lowest BCUT2D eigenvalue weighted by atomic mass is 10.1. The van der Waals surface area contributed by atoms with E-state index in [1.807, 2.05) is 47.6 Å². The Morgan fingerprint density at radius 1 is 0.878 bits per heavy atom. The Hall–Kier alpha value is -3.36. The molecule has 0 aromatic heterocycles. The number of sulfonamides is 1. The molecule has 220 valence electrons. The molecular formula is C32H40ClN3O4S. The molecule has 9 heteroatoms. The van der Waals surface area contributed by atoms with Gasteiger partial charge in [-0.25, -0.2) is 8.42 Å². The number of hydrogen-bond donors (Lipinski definition) is 1. The molecule has 0 aliphatic rings. The highest BCUT2D eigenvalue weighted by atomic mass is 35.5. The van der Waals surface area contributed by atoms with E-state index >= 15 is 0 Å². The van der Waals surface area contributed by atoms with E-state index in [0.29, 0.717) is 23.7 Å². The molecule has 2 amide bonds. The highest BCUT2D eigenvalue weighted by Gasteiger charge is 2.33. The topological polar surface area (TPSA) is 86.8 Å². The van der Waals surface area contributed by atoms with Gasteiger partial charge < -0.3 is 10.2 Å². The number of rotatable bonds is 12. The monoisotopic (exact) mass is 597 g/mol. The van der Waals surface area contributed by atoms with E-state index in [1.165, 1.54) is 4.90 Å². The van der Waals surface area contributed by atoms with Crippen LogP contribution in [0.25, 0.3) is 0 Å². The van der Waals surface area contributed by atoms with E-state index in [1.54, 1.807) is 60.7 Å². The molecule has 0 spiro atoms. The van der Waals surface area contributed by atoms with Crippen molar-refractivity contribution >= 4 is 39.1 Å². The summed E-state index contributed by atoms with van der Waals surface area (Å²) in [6.45, 7) is 11.6. The largest absolute Gasteiger partial charge is 0.354 e. The van der Waals surface area contributed by atoms with Crippen molar-refractivity contribution in [3.63, 3.8) is 0 Å². The van der Waals surface area contributed by atoms with E-state index < -0.39 is 28.5 Å². The Balaban J connectivity index is 2.07. The van der Waals surface area contributed by atoms with Crippen LogP contribution in [0, 0.1) is 26.7 Å². The summed E-state index contributed by atoms with van der Waals surface area (Å²) in [5.41, 5.74) is 3.82. The van der Waals surface area contributed by atoms with Crippen molar-refractivity contribution in [2.45, 2.75) is 65.4 Å². The summed E-state index contributed by atoms with van der Waals surface area (Å²) in [5.74, 6) is -0.527. The first kappa shape index (κ1) is 32.2. The van der Waals surface area contributed by atoms with Gasteiger partial charge in [0.05, 0.1) is 10.6 Å². The molecule has 41 heavy (non-hydrogen) atoms. The fraction of sp³-hybridized carbons (Fsp3) is 0.375. The number of halogens is 1. The summed E-state index contributed by atoms with van der Waals surface area (Å²) < 4.78 is 29.2. The fourth-order valence-electron chi connectivity index (χ4n) is 4.59. The number of carbonyl (C=O) groups excluding carboxylic acids is 2. The molecule has 0 radical (unpaired) electrons. The van der Waals surface area contributed by atoms with Crippen LogP contribution >= 0.6 is 11.6 Å². The molecule has 0 bridgehead atoms. The molecule has 7 nitrogen and oxygen atoms in total. The Labute approximate surface area is 249 Å². The molecule has 3 rings (SSSR count). The van der Waals surface area contributed by atoms with Gasteiger partial charge in [-0.05, 0) is 86.2 Å². The first-order chi connectivity index (χ1) is 19.3. The van der Waals surface area contributed by atoms with Gasteiger partial charge in [0.25, 0.3) is 10.0 Å². The second-order valence-corrected chi connectivity index (χ2v) is 13.2. The predicted octanol–water partition coefficient (Wildman–Crippen LogP) is 6.04. The normalized spacial score (nSPS) is 12.2. The first-order valence-electron chi connectivity index (χ1n) is 13.8. The van der Waals surface area contributed by atoms with Crippen molar-refractivity contribution in [2.24, 2.45) is 5.92 Å². The van der Waals surface area contributed by atoms with Gasteiger partial charge in [0, 0.05) is 18.1 Å². The number of benzene rings is 3. The smallest absolute Gasteiger partial charge is 0.264 e. The summed E-state index contributed by atoms with van der Waals surface area (Å²) >= 11 is 6.08. The zero-order valence-corrected chi connectivity index (χ0v) is 26.2. The average molecular weight is 598 g/mol. The molecule has 0 saturated heterocycles. The molecule has 1 unspecified atom stereocenters. The van der Waals surface area contributed by atoms with E-state index in [2.05, 4.69) is 5.32 Å². The zero-order valence-electron chi connectivity index (χ0n) is 24.6. The molecular weight excluding hydrogens is 558 g/mol. The number of anilines is 1. The quantitative estimate of drug-likeness (QED) is 0.276. The van der Waals surface area contributed by atoms with Gasteiger partial charge in [-0.2, -0.15) is 0 Å². The van der Waals surface area contributed by atoms with Gasteiger partial charge in [0.1, 0.15) is 12.6 Å². The van der Waals surface area contributed by atoms with Gasteiger partial charge in [-0.1, -0.05) is 68.3 Å². The minimum absolute atomic E-state index is 0.0843. The van der Waals surface area contributed by atoms with Gasteiger partial charge in [-0.3, -0.25) is 13.9 Å². The third-order valence-corrected chi connectivity index (χ3v) is 8.76. The van der Waals surface area contributed by atoms with Crippen LogP contribution in [-0.4, -0.2) is 44.3 Å². The van der Waals surface area contributed by atoms with Crippen molar-refractivity contribution < 1.29 is 18.0 Å². The maximum Gasteiger partial charge on any atom is 0.264 e. The first-order valence-corrected chi connectivity index (χ1v) is 15.6. The molecule has 1 atom stereocenters. The van der Waals surface area contributed by atoms with Gasteiger partial charge in [-0.15, -0.1) is 0 Å². The number of carbonyl (C=O) groups is 2. The average Bonchev–Trinajstić information content (AvgIpc) is 2.91. The summed E-state index contributed by atoms with van der Waals surface area (Å²) in [5, 5.41) is 3.49. The fourth-order valence-corrected chi connectivity index (χ4v) is 6.11. The molecule has 0 fully saturated rings. The third kappa shape index (κ3) is 8.57. The van der Waals surface area contributed by atoms with Crippen LogP contribution in [0.1, 0.15) is 49.4 Å². The summed E-state index contributed by atoms with van der Waals surface area (Å²) in [7, 11) is -4.12. The lowest BCUT2D eigenvalue weighted by molar-refractivity contribution is -0.140. The Bertz CT molecular complexity index is 1440. The minimum atomic E-state index is -4.12. The van der Waals surface area contributed by atoms with Crippen LogP contribution in [0.15, 0.2) is 71.6 Å². The van der Waals surface area contributed by atoms with E-state index in [-0.39, 0.29) is 23.3 Å². The van der Waals surface area contributed by atoms with Crippen molar-refractivity contribution in [2.75, 3.05) is 17.4 Å². The van der Waals surface area contributed by atoms with Crippen LogP contribution in [0.2, 0.25) is 5.02 Å². The standard InChI is InChI=1S/C32H40ClN3O4S/c1-7-30(32(38)34-19-22(2)3)35(20-26-10-12-27(33)13-11-26)31(37)21-36(28-17-24(5)16-25(6)18-28)41(39,40)29-14-8-23(4)9-15-29/h8-18,22,30H,7,19-21H2,1-6H3,(H,34,38). The highest BCUT2D eigenvalue weighted by Crippen LogP contribution is 2.27. The lowest BCUT2D eigenvalue weighted by Crippen LogP contribution is -2.52. The van der Waals surface area contributed by atoms with Crippen LogP contribution < -0.4 is 9.62 Å². The lowest BCUT2D eigenvalue weighted by Gasteiger charge is -2.33. The Kier molecular flexibility index (Phi) is 11.0. The maximum absolute atomic E-state index is 14.2. The third-order valence-electron chi connectivity index (χ3n) is 6.72. The van der Waals surface area contributed by atoms with Gasteiger partial charge in [0.2, 0.25) is 11.8 Å². The molecule has 3 aromatic carbocycles. The summed E-state index contributed by atoms with van der Waals surface area (Å²) in [6.07, 6.45) is 0.359. The molecule has 0 saturated carbocycles. The van der Waals surface area contributed by atoms with Crippen molar-refractivity contribution in [1.82, 2.24) is 10.2 Å². The second-order valence-electron chi connectivity index (χ2n) is 10.9. The number of aryl methyl sites for hydroxylation is 3. The van der Waals surface area contributed by atoms with Gasteiger partial charge in [0.15, 0.2) is 0 Å². The van der Waals surface area contributed by atoms with Crippen LogP contribution in [-0.2, 0) is 26.2 Å². The number of hydrogen-bond acceptors (Lipinski definition) is 4. The molecule has 3 aromatic rings. The Morgan fingerprint density at radius 3 is 2.00 bits per heavy atom. The second kappa shape index (κ2) is 14.0. The Morgan fingerprint density at radius 2 is 1.46 bits per heavy atom. The maximum atomic E-state index is 14.2. The highest BCUT2D eigenvalue weighted by molar-refractivity contribution is 7.92.